The molecule has 3 rings (SSSR count). The summed E-state index contributed by atoms with van der Waals surface area (Å²) in [6.45, 7) is 0.269. The maximum atomic E-state index is 12.0. The van der Waals surface area contributed by atoms with Crippen LogP contribution in [0.2, 0.25) is 5.15 Å². The molecule has 90 valence electrons. The monoisotopic (exact) mass is 261 g/mol. The maximum Gasteiger partial charge on any atom is 0.350 e. The lowest BCUT2D eigenvalue weighted by Gasteiger charge is -1.98. The molecule has 7 heteroatoms. The SMILES string of the molecule is O=c1n(Cc2cnc(Cl)cn2)nc2ccccn12. The van der Waals surface area contributed by atoms with Crippen molar-refractivity contribution >= 4 is 17.2 Å². The van der Waals surface area contributed by atoms with Crippen LogP contribution >= 0.6 is 11.6 Å². The highest BCUT2D eigenvalue weighted by Crippen LogP contribution is 2.02. The molecule has 0 radical (unpaired) electrons. The summed E-state index contributed by atoms with van der Waals surface area (Å²) in [5.41, 5.74) is 1.02. The Balaban J connectivity index is 2.02. The molecule has 0 aliphatic rings. The normalized spacial score (nSPS) is 10.9. The Kier molecular flexibility index (Phi) is 2.56. The van der Waals surface area contributed by atoms with Crippen molar-refractivity contribution in [1.82, 2.24) is 24.1 Å². The molecular formula is C11H8ClN5O. The van der Waals surface area contributed by atoms with E-state index in [0.717, 1.165) is 0 Å². The molecule has 0 fully saturated rings. The molecule has 3 aromatic heterocycles. The second-order valence-electron chi connectivity index (χ2n) is 3.70. The van der Waals surface area contributed by atoms with E-state index in [4.69, 9.17) is 11.6 Å². The number of fused-ring (bicyclic) bond motifs is 1. The fraction of sp³-hybridized carbons (Fsp3) is 0.0909. The van der Waals surface area contributed by atoms with Crippen molar-refractivity contribution in [2.45, 2.75) is 6.54 Å². The summed E-state index contributed by atoms with van der Waals surface area (Å²) in [5.74, 6) is 0. The summed E-state index contributed by atoms with van der Waals surface area (Å²) in [5, 5.41) is 4.52. The maximum absolute atomic E-state index is 12.0. The second kappa shape index (κ2) is 4.23. The minimum atomic E-state index is -0.206. The molecule has 0 aliphatic heterocycles. The van der Waals surface area contributed by atoms with Gasteiger partial charge in [-0.1, -0.05) is 17.7 Å². The lowest BCUT2D eigenvalue weighted by atomic mass is 10.4. The van der Waals surface area contributed by atoms with Gasteiger partial charge in [0.05, 0.1) is 24.6 Å². The highest BCUT2D eigenvalue weighted by molar-refractivity contribution is 6.29. The lowest BCUT2D eigenvalue weighted by molar-refractivity contribution is 0.644. The Morgan fingerprint density at radius 2 is 2.11 bits per heavy atom. The van der Waals surface area contributed by atoms with Crippen LogP contribution in [0.3, 0.4) is 0 Å². The molecular weight excluding hydrogens is 254 g/mol. The number of nitrogens with zero attached hydrogens (tertiary/aromatic N) is 5. The van der Waals surface area contributed by atoms with E-state index in [1.54, 1.807) is 18.3 Å². The van der Waals surface area contributed by atoms with E-state index in [9.17, 15) is 4.79 Å². The van der Waals surface area contributed by atoms with Crippen LogP contribution < -0.4 is 5.69 Å². The molecule has 3 aromatic rings. The number of hydrogen-bond acceptors (Lipinski definition) is 4. The molecule has 0 N–H and O–H groups in total. The molecule has 0 aromatic carbocycles. The molecule has 0 atom stereocenters. The summed E-state index contributed by atoms with van der Waals surface area (Å²) >= 11 is 5.65. The van der Waals surface area contributed by atoms with E-state index in [0.29, 0.717) is 16.5 Å². The summed E-state index contributed by atoms with van der Waals surface area (Å²) in [6, 6.07) is 5.38. The largest absolute Gasteiger partial charge is 0.350 e. The number of aromatic nitrogens is 5. The molecule has 0 unspecified atom stereocenters. The average Bonchev–Trinajstić information content (AvgIpc) is 2.70. The first-order valence-corrected chi connectivity index (χ1v) is 5.62. The van der Waals surface area contributed by atoms with Crippen molar-refractivity contribution in [3.8, 4) is 0 Å². The van der Waals surface area contributed by atoms with Crippen LogP contribution in [-0.4, -0.2) is 24.1 Å². The van der Waals surface area contributed by atoms with Gasteiger partial charge in [-0.2, -0.15) is 0 Å². The third-order valence-corrected chi connectivity index (χ3v) is 2.67. The number of hydrogen-bond donors (Lipinski definition) is 0. The zero-order valence-corrected chi connectivity index (χ0v) is 9.95. The third-order valence-electron chi connectivity index (χ3n) is 2.47. The van der Waals surface area contributed by atoms with Gasteiger partial charge in [-0.15, -0.1) is 5.10 Å². The highest BCUT2D eigenvalue weighted by atomic mass is 35.5. The second-order valence-corrected chi connectivity index (χ2v) is 4.09. The van der Waals surface area contributed by atoms with Crippen LogP contribution in [0.1, 0.15) is 5.69 Å². The van der Waals surface area contributed by atoms with Gasteiger partial charge in [0, 0.05) is 6.20 Å². The molecule has 0 saturated carbocycles. The third kappa shape index (κ3) is 1.86. The Hall–Kier alpha value is -2.21. The molecule has 0 saturated heterocycles. The Morgan fingerprint density at radius 3 is 2.83 bits per heavy atom. The summed E-state index contributed by atoms with van der Waals surface area (Å²) < 4.78 is 2.82. The molecule has 0 amide bonds. The minimum Gasteiger partial charge on any atom is -0.254 e. The van der Waals surface area contributed by atoms with E-state index in [2.05, 4.69) is 15.1 Å². The topological polar surface area (TPSA) is 65.1 Å². The van der Waals surface area contributed by atoms with Crippen LogP contribution in [0.4, 0.5) is 0 Å². The van der Waals surface area contributed by atoms with Gasteiger partial charge in [0.15, 0.2) is 5.65 Å². The van der Waals surface area contributed by atoms with E-state index >= 15 is 0 Å². The van der Waals surface area contributed by atoms with Crippen molar-refractivity contribution in [2.24, 2.45) is 0 Å². The quantitative estimate of drug-likeness (QED) is 0.690. The van der Waals surface area contributed by atoms with Gasteiger partial charge in [0.2, 0.25) is 0 Å². The number of pyridine rings is 1. The number of halogens is 1. The number of rotatable bonds is 2. The predicted octanol–water partition coefficient (Wildman–Crippen LogP) is 0.988. The molecule has 0 spiro atoms. The van der Waals surface area contributed by atoms with Crippen molar-refractivity contribution in [2.75, 3.05) is 0 Å². The molecule has 0 bridgehead atoms. The summed E-state index contributed by atoms with van der Waals surface area (Å²) in [4.78, 5) is 20.0. The lowest BCUT2D eigenvalue weighted by Crippen LogP contribution is -2.22. The molecule has 0 aliphatic carbocycles. The first-order valence-electron chi connectivity index (χ1n) is 5.25. The van der Waals surface area contributed by atoms with Crippen molar-refractivity contribution < 1.29 is 0 Å². The Bertz CT molecular complexity index is 746. The van der Waals surface area contributed by atoms with Gasteiger partial charge in [0.1, 0.15) is 5.15 Å². The van der Waals surface area contributed by atoms with E-state index in [1.807, 2.05) is 6.07 Å². The summed E-state index contributed by atoms with van der Waals surface area (Å²) in [7, 11) is 0. The zero-order valence-electron chi connectivity index (χ0n) is 9.19. The van der Waals surface area contributed by atoms with Gasteiger partial charge in [0.25, 0.3) is 0 Å². The van der Waals surface area contributed by atoms with Crippen LogP contribution in [0.15, 0.2) is 41.6 Å². The van der Waals surface area contributed by atoms with Crippen molar-refractivity contribution in [1.29, 1.82) is 0 Å². The van der Waals surface area contributed by atoms with Gasteiger partial charge < -0.3 is 0 Å². The van der Waals surface area contributed by atoms with Gasteiger partial charge >= 0.3 is 5.69 Å². The zero-order chi connectivity index (χ0) is 12.5. The van der Waals surface area contributed by atoms with Gasteiger partial charge in [-0.3, -0.25) is 9.38 Å². The van der Waals surface area contributed by atoms with Crippen molar-refractivity contribution in [3.63, 3.8) is 0 Å². The van der Waals surface area contributed by atoms with E-state index < -0.39 is 0 Å². The van der Waals surface area contributed by atoms with E-state index in [-0.39, 0.29) is 12.2 Å². The molecule has 6 nitrogen and oxygen atoms in total. The Morgan fingerprint density at radius 1 is 1.22 bits per heavy atom. The van der Waals surface area contributed by atoms with Gasteiger partial charge in [-0.25, -0.2) is 14.5 Å². The molecule has 18 heavy (non-hydrogen) atoms. The van der Waals surface area contributed by atoms with Crippen LogP contribution in [-0.2, 0) is 6.54 Å². The van der Waals surface area contributed by atoms with E-state index in [1.165, 1.54) is 21.5 Å². The molecule has 3 heterocycles. The van der Waals surface area contributed by atoms with Crippen LogP contribution in [0.5, 0.6) is 0 Å². The smallest absolute Gasteiger partial charge is 0.254 e. The van der Waals surface area contributed by atoms with Crippen LogP contribution in [0, 0.1) is 0 Å². The first kappa shape index (κ1) is 10.9. The standard InChI is InChI=1S/C11H8ClN5O/c12-9-6-13-8(5-14-9)7-17-11(18)16-4-2-1-3-10(16)15-17/h1-6H,7H2. The van der Waals surface area contributed by atoms with Crippen LogP contribution in [0.25, 0.3) is 5.65 Å². The predicted molar refractivity (Wildman–Crippen MR) is 65.6 cm³/mol. The minimum absolute atomic E-state index is 0.206. The fourth-order valence-corrected chi connectivity index (χ4v) is 1.74. The summed E-state index contributed by atoms with van der Waals surface area (Å²) in [6.07, 6.45) is 4.64. The highest BCUT2D eigenvalue weighted by Gasteiger charge is 2.07. The average molecular weight is 262 g/mol. The first-order chi connectivity index (χ1) is 8.74. The van der Waals surface area contributed by atoms with Gasteiger partial charge in [-0.05, 0) is 12.1 Å². The Labute approximate surface area is 106 Å². The fourth-order valence-electron chi connectivity index (χ4n) is 1.65. The van der Waals surface area contributed by atoms with Crippen molar-refractivity contribution in [3.05, 3.63) is 58.1 Å².